The van der Waals surface area contributed by atoms with Crippen LogP contribution in [0.3, 0.4) is 0 Å². The molecule has 0 saturated heterocycles. The fraction of sp³-hybridized carbons (Fsp3) is 0.188. The molecule has 1 heterocycles. The van der Waals surface area contributed by atoms with Gasteiger partial charge in [0.25, 0.3) is 10.0 Å². The lowest BCUT2D eigenvalue weighted by Crippen LogP contribution is -2.25. The van der Waals surface area contributed by atoms with E-state index in [2.05, 4.69) is 19.5 Å². The Hall–Kier alpha value is -3.08. The summed E-state index contributed by atoms with van der Waals surface area (Å²) in [7, 11) is -2.71. The van der Waals surface area contributed by atoms with Crippen molar-refractivity contribution in [1.29, 1.82) is 0 Å². The van der Waals surface area contributed by atoms with Crippen LogP contribution in [0.25, 0.3) is 0 Å². The highest BCUT2D eigenvalue weighted by Gasteiger charge is 2.43. The first-order valence-corrected chi connectivity index (χ1v) is 8.96. The van der Waals surface area contributed by atoms with Crippen LogP contribution in [0, 0.1) is 0 Å². The number of hydrogen-bond acceptors (Lipinski definition) is 6. The fourth-order valence-corrected chi connectivity index (χ4v) is 3.44. The van der Waals surface area contributed by atoms with Gasteiger partial charge in [-0.15, -0.1) is 8.78 Å². The number of benzene rings is 2. The predicted molar refractivity (Wildman–Crippen MR) is 90.8 cm³/mol. The molecule has 0 aromatic heterocycles. The SMILES string of the molecule is COc1ccc(S(=O)(=O)Nc2ccc3c(c2)OC(F)(F)O3)cc1NC(C)=O. The summed E-state index contributed by atoms with van der Waals surface area (Å²) in [6, 6.07) is 7.34. The quantitative estimate of drug-likeness (QED) is 0.800. The van der Waals surface area contributed by atoms with Gasteiger partial charge in [0, 0.05) is 13.0 Å². The second-order valence-electron chi connectivity index (χ2n) is 5.48. The maximum absolute atomic E-state index is 13.1. The van der Waals surface area contributed by atoms with Crippen molar-refractivity contribution in [3.05, 3.63) is 36.4 Å². The van der Waals surface area contributed by atoms with Gasteiger partial charge in [0.2, 0.25) is 5.91 Å². The van der Waals surface area contributed by atoms with Crippen LogP contribution in [0.5, 0.6) is 17.2 Å². The minimum absolute atomic E-state index is 0.00746. The highest BCUT2D eigenvalue weighted by atomic mass is 32.2. The molecule has 8 nitrogen and oxygen atoms in total. The van der Waals surface area contributed by atoms with E-state index in [0.29, 0.717) is 0 Å². The molecule has 0 saturated carbocycles. The molecule has 0 spiro atoms. The van der Waals surface area contributed by atoms with Crippen molar-refractivity contribution in [3.8, 4) is 17.2 Å². The molecule has 3 rings (SSSR count). The summed E-state index contributed by atoms with van der Waals surface area (Å²) < 4.78 is 67.2. The molecule has 0 unspecified atom stereocenters. The van der Waals surface area contributed by atoms with Crippen LogP contribution in [-0.2, 0) is 14.8 Å². The van der Waals surface area contributed by atoms with Gasteiger partial charge in [-0.1, -0.05) is 0 Å². The molecule has 0 radical (unpaired) electrons. The zero-order chi connectivity index (χ0) is 19.8. The van der Waals surface area contributed by atoms with Crippen LogP contribution in [-0.4, -0.2) is 27.7 Å². The van der Waals surface area contributed by atoms with Gasteiger partial charge in [-0.25, -0.2) is 8.42 Å². The Morgan fingerprint density at radius 1 is 1.11 bits per heavy atom. The number of rotatable bonds is 5. The molecule has 0 fully saturated rings. The molecule has 1 aliphatic rings. The van der Waals surface area contributed by atoms with E-state index in [-0.39, 0.29) is 33.5 Å². The normalized spacial score (nSPS) is 14.5. The lowest BCUT2D eigenvalue weighted by Gasteiger charge is -2.13. The van der Waals surface area contributed by atoms with Crippen LogP contribution in [0.15, 0.2) is 41.3 Å². The van der Waals surface area contributed by atoms with Gasteiger partial charge in [0.15, 0.2) is 11.5 Å². The number of anilines is 2. The van der Waals surface area contributed by atoms with Gasteiger partial charge in [-0.2, -0.15) is 0 Å². The smallest absolute Gasteiger partial charge is 0.495 e. The summed E-state index contributed by atoms with van der Waals surface area (Å²) in [6.45, 7) is 1.27. The van der Waals surface area contributed by atoms with Crippen molar-refractivity contribution in [2.24, 2.45) is 0 Å². The van der Waals surface area contributed by atoms with Crippen LogP contribution < -0.4 is 24.2 Å². The Morgan fingerprint density at radius 2 is 1.81 bits per heavy atom. The number of halogens is 2. The van der Waals surface area contributed by atoms with E-state index in [9.17, 15) is 22.0 Å². The molecule has 2 aromatic carbocycles. The molecule has 2 aromatic rings. The van der Waals surface area contributed by atoms with E-state index in [1.54, 1.807) is 0 Å². The number of sulfonamides is 1. The standard InChI is InChI=1S/C16H14F2N2O6S/c1-9(21)19-12-8-11(4-6-13(12)24-2)27(22,23)20-10-3-5-14-15(7-10)26-16(17,18)25-14/h3-8,20H,1-2H3,(H,19,21). The van der Waals surface area contributed by atoms with Gasteiger partial charge in [-0.05, 0) is 30.3 Å². The fourth-order valence-electron chi connectivity index (χ4n) is 2.37. The summed E-state index contributed by atoms with van der Waals surface area (Å²) in [5, 5.41) is 2.47. The number of hydrogen-bond donors (Lipinski definition) is 2. The maximum Gasteiger partial charge on any atom is 0.586 e. The second-order valence-corrected chi connectivity index (χ2v) is 7.16. The summed E-state index contributed by atoms with van der Waals surface area (Å²) in [6.07, 6.45) is -3.80. The van der Waals surface area contributed by atoms with E-state index >= 15 is 0 Å². The van der Waals surface area contributed by atoms with Crippen LogP contribution in [0.2, 0.25) is 0 Å². The Morgan fingerprint density at radius 3 is 2.48 bits per heavy atom. The molecule has 27 heavy (non-hydrogen) atoms. The zero-order valence-electron chi connectivity index (χ0n) is 14.1. The molecule has 2 N–H and O–H groups in total. The molecule has 0 aliphatic carbocycles. The number of ether oxygens (including phenoxy) is 3. The Balaban J connectivity index is 1.89. The van der Waals surface area contributed by atoms with Crippen molar-refractivity contribution in [2.45, 2.75) is 18.1 Å². The number of nitrogens with one attached hydrogen (secondary N) is 2. The highest BCUT2D eigenvalue weighted by molar-refractivity contribution is 7.92. The van der Waals surface area contributed by atoms with Crippen LogP contribution >= 0.6 is 0 Å². The molecule has 144 valence electrons. The number of fused-ring (bicyclic) bond motifs is 1. The van der Waals surface area contributed by atoms with Gasteiger partial charge < -0.3 is 19.5 Å². The van der Waals surface area contributed by atoms with E-state index in [1.165, 1.54) is 38.3 Å². The van der Waals surface area contributed by atoms with Gasteiger partial charge >= 0.3 is 6.29 Å². The molecule has 1 aliphatic heterocycles. The zero-order valence-corrected chi connectivity index (χ0v) is 14.9. The maximum atomic E-state index is 13.1. The first-order valence-electron chi connectivity index (χ1n) is 7.48. The van der Waals surface area contributed by atoms with Gasteiger partial charge in [-0.3, -0.25) is 9.52 Å². The van der Waals surface area contributed by atoms with E-state index in [1.807, 2.05) is 0 Å². The topological polar surface area (TPSA) is 103 Å². The lowest BCUT2D eigenvalue weighted by molar-refractivity contribution is -0.286. The van der Waals surface area contributed by atoms with Crippen LogP contribution in [0.1, 0.15) is 6.92 Å². The second kappa shape index (κ2) is 6.58. The summed E-state index contributed by atoms with van der Waals surface area (Å²) in [5.41, 5.74) is 0.158. The molecular weight excluding hydrogens is 386 g/mol. The monoisotopic (exact) mass is 400 g/mol. The van der Waals surface area contributed by atoms with Crippen molar-refractivity contribution < 1.29 is 36.2 Å². The Kier molecular flexibility index (Phi) is 4.56. The lowest BCUT2D eigenvalue weighted by atomic mass is 10.3. The number of carbonyl (C=O) groups is 1. The minimum Gasteiger partial charge on any atom is -0.495 e. The third-order valence-electron chi connectivity index (χ3n) is 3.45. The Labute approximate surface area is 153 Å². The number of methoxy groups -OCH3 is 1. The average Bonchev–Trinajstić information content (AvgIpc) is 2.87. The third kappa shape index (κ3) is 4.03. The van der Waals surface area contributed by atoms with Crippen molar-refractivity contribution in [2.75, 3.05) is 17.1 Å². The molecular formula is C16H14F2N2O6S. The first kappa shape index (κ1) is 18.7. The number of alkyl halides is 2. The Bertz CT molecular complexity index is 1010. The summed E-state index contributed by atoms with van der Waals surface area (Å²) >= 11 is 0. The van der Waals surface area contributed by atoms with E-state index < -0.39 is 22.2 Å². The average molecular weight is 400 g/mol. The molecule has 0 bridgehead atoms. The minimum atomic E-state index is -4.08. The van der Waals surface area contributed by atoms with E-state index in [0.717, 1.165) is 12.1 Å². The molecule has 0 atom stereocenters. The third-order valence-corrected chi connectivity index (χ3v) is 4.82. The highest BCUT2D eigenvalue weighted by Crippen LogP contribution is 2.42. The van der Waals surface area contributed by atoms with E-state index in [4.69, 9.17) is 4.74 Å². The first-order chi connectivity index (χ1) is 12.6. The molecule has 11 heteroatoms. The predicted octanol–water partition coefficient (Wildman–Crippen LogP) is 2.78. The largest absolute Gasteiger partial charge is 0.586 e. The summed E-state index contributed by atoms with van der Waals surface area (Å²) in [5.74, 6) is -0.642. The number of carbonyl (C=O) groups excluding carboxylic acids is 1. The van der Waals surface area contributed by atoms with Crippen molar-refractivity contribution in [1.82, 2.24) is 0 Å². The van der Waals surface area contributed by atoms with Gasteiger partial charge in [0.05, 0.1) is 23.4 Å². The molecule has 1 amide bonds. The number of amides is 1. The van der Waals surface area contributed by atoms with Crippen molar-refractivity contribution >= 4 is 27.3 Å². The summed E-state index contributed by atoms with van der Waals surface area (Å²) in [4.78, 5) is 11.1. The van der Waals surface area contributed by atoms with Gasteiger partial charge in [0.1, 0.15) is 5.75 Å². The van der Waals surface area contributed by atoms with Crippen molar-refractivity contribution in [3.63, 3.8) is 0 Å². The van der Waals surface area contributed by atoms with Crippen LogP contribution in [0.4, 0.5) is 20.2 Å².